The molecule has 1 fully saturated rings. The predicted octanol–water partition coefficient (Wildman–Crippen LogP) is 4.06. The van der Waals surface area contributed by atoms with Crippen molar-refractivity contribution >= 4 is 33.8 Å². The van der Waals surface area contributed by atoms with Gasteiger partial charge in [-0.2, -0.15) is 0 Å². The first-order valence-corrected chi connectivity index (χ1v) is 11.3. The number of carbonyl (C=O) groups is 1. The number of morpholine rings is 1. The van der Waals surface area contributed by atoms with Crippen molar-refractivity contribution in [3.05, 3.63) is 70.5 Å². The average Bonchev–Trinajstić information content (AvgIpc) is 3.29. The normalized spacial score (nSPS) is 16.2. The number of nitrogens with zero attached hydrogens (tertiary/aromatic N) is 3. The number of ether oxygens (including phenoxy) is 1. The van der Waals surface area contributed by atoms with Gasteiger partial charge >= 0.3 is 0 Å². The molecule has 6 nitrogen and oxygen atoms in total. The van der Waals surface area contributed by atoms with Crippen LogP contribution in [0, 0.1) is 5.82 Å². The molecule has 0 radical (unpaired) electrons. The van der Waals surface area contributed by atoms with Crippen molar-refractivity contribution in [2.75, 3.05) is 43.1 Å². The fourth-order valence-corrected chi connectivity index (χ4v) is 4.70. The number of hydrogen-bond donors (Lipinski definition) is 1. The summed E-state index contributed by atoms with van der Waals surface area (Å²) >= 11 is 1.30. The number of anilines is 3. The lowest BCUT2D eigenvalue weighted by Gasteiger charge is -2.29. The summed E-state index contributed by atoms with van der Waals surface area (Å²) in [4.78, 5) is 21.2. The molecule has 31 heavy (non-hydrogen) atoms. The summed E-state index contributed by atoms with van der Waals surface area (Å²) in [5.74, 6) is -0.443. The lowest BCUT2D eigenvalue weighted by atomic mass is 10.00. The van der Waals surface area contributed by atoms with Crippen LogP contribution in [0.3, 0.4) is 0 Å². The van der Waals surface area contributed by atoms with Gasteiger partial charge in [-0.25, -0.2) is 9.37 Å². The van der Waals surface area contributed by atoms with Crippen LogP contribution >= 0.6 is 11.3 Å². The molecule has 0 spiro atoms. The maximum absolute atomic E-state index is 14.7. The minimum atomic E-state index is -0.347. The molecule has 0 unspecified atom stereocenters. The first kappa shape index (κ1) is 20.0. The second kappa shape index (κ2) is 8.64. The van der Waals surface area contributed by atoms with Crippen molar-refractivity contribution in [1.82, 2.24) is 9.88 Å². The molecule has 0 atom stereocenters. The van der Waals surface area contributed by atoms with Gasteiger partial charge in [0, 0.05) is 37.2 Å². The van der Waals surface area contributed by atoms with Crippen molar-refractivity contribution < 1.29 is 13.9 Å². The van der Waals surface area contributed by atoms with Crippen LogP contribution in [0.5, 0.6) is 0 Å². The zero-order chi connectivity index (χ0) is 21.2. The molecule has 3 aromatic rings. The SMILES string of the molecule is O=C(c1csc(Nc2ccc(N3CCOCC3)cc2F)n1)N1CCc2ccccc2C1. The number of fused-ring (bicyclic) bond motifs is 1. The fourth-order valence-electron chi connectivity index (χ4n) is 4.00. The summed E-state index contributed by atoms with van der Waals surface area (Å²) in [7, 11) is 0. The van der Waals surface area contributed by atoms with Crippen molar-refractivity contribution in [2.45, 2.75) is 13.0 Å². The van der Waals surface area contributed by atoms with Gasteiger partial charge in [-0.15, -0.1) is 11.3 Å². The lowest BCUT2D eigenvalue weighted by Crippen LogP contribution is -2.36. The summed E-state index contributed by atoms with van der Waals surface area (Å²) in [6.07, 6.45) is 0.845. The topological polar surface area (TPSA) is 57.7 Å². The molecule has 2 aromatic carbocycles. The number of carbonyl (C=O) groups excluding carboxylic acids is 1. The second-order valence-corrected chi connectivity index (χ2v) is 8.53. The fraction of sp³-hybridized carbons (Fsp3) is 0.304. The third-order valence-electron chi connectivity index (χ3n) is 5.71. The van der Waals surface area contributed by atoms with E-state index in [1.807, 2.05) is 23.1 Å². The summed E-state index contributed by atoms with van der Waals surface area (Å²) in [6.45, 7) is 4.08. The van der Waals surface area contributed by atoms with E-state index in [1.54, 1.807) is 11.4 Å². The van der Waals surface area contributed by atoms with E-state index >= 15 is 0 Å². The van der Waals surface area contributed by atoms with E-state index in [1.165, 1.54) is 28.5 Å². The molecule has 0 bridgehead atoms. The van der Waals surface area contributed by atoms with Crippen LogP contribution in [0.1, 0.15) is 21.6 Å². The highest BCUT2D eigenvalue weighted by molar-refractivity contribution is 7.14. The smallest absolute Gasteiger partial charge is 0.273 e. The third-order valence-corrected chi connectivity index (χ3v) is 6.47. The Balaban J connectivity index is 1.26. The predicted molar refractivity (Wildman–Crippen MR) is 120 cm³/mol. The molecule has 3 heterocycles. The van der Waals surface area contributed by atoms with Gasteiger partial charge < -0.3 is 19.9 Å². The Hall–Kier alpha value is -2.97. The molecule has 1 N–H and O–H groups in total. The minimum Gasteiger partial charge on any atom is -0.378 e. The molecule has 1 aromatic heterocycles. The number of benzene rings is 2. The largest absolute Gasteiger partial charge is 0.378 e. The number of aromatic nitrogens is 1. The quantitative estimate of drug-likeness (QED) is 0.666. The number of hydrogen-bond acceptors (Lipinski definition) is 6. The first-order chi connectivity index (χ1) is 15.2. The lowest BCUT2D eigenvalue weighted by molar-refractivity contribution is 0.0729. The molecule has 0 saturated carbocycles. The maximum Gasteiger partial charge on any atom is 0.273 e. The van der Waals surface area contributed by atoms with Crippen molar-refractivity contribution in [3.8, 4) is 0 Å². The third kappa shape index (κ3) is 4.26. The Kier molecular flexibility index (Phi) is 5.57. The van der Waals surface area contributed by atoms with Gasteiger partial charge in [0.05, 0.1) is 18.9 Å². The number of amides is 1. The Morgan fingerprint density at radius 1 is 1.10 bits per heavy atom. The number of halogens is 1. The van der Waals surface area contributed by atoms with Crippen LogP contribution in [0.25, 0.3) is 0 Å². The van der Waals surface area contributed by atoms with E-state index in [-0.39, 0.29) is 11.7 Å². The van der Waals surface area contributed by atoms with Gasteiger partial charge in [0.25, 0.3) is 5.91 Å². The highest BCUT2D eigenvalue weighted by atomic mass is 32.1. The minimum absolute atomic E-state index is 0.0954. The van der Waals surface area contributed by atoms with Crippen molar-refractivity contribution in [1.29, 1.82) is 0 Å². The zero-order valence-electron chi connectivity index (χ0n) is 17.0. The molecule has 0 aliphatic carbocycles. The summed E-state index contributed by atoms with van der Waals surface area (Å²) in [6, 6.07) is 13.3. The van der Waals surface area contributed by atoms with E-state index < -0.39 is 0 Å². The Morgan fingerprint density at radius 3 is 2.71 bits per heavy atom. The van der Waals surface area contributed by atoms with Gasteiger partial charge in [-0.05, 0) is 35.7 Å². The maximum atomic E-state index is 14.7. The van der Waals surface area contributed by atoms with Gasteiger partial charge in [-0.1, -0.05) is 24.3 Å². The molecule has 8 heteroatoms. The van der Waals surface area contributed by atoms with Crippen molar-refractivity contribution in [3.63, 3.8) is 0 Å². The molecule has 1 saturated heterocycles. The van der Waals surface area contributed by atoms with Crippen LogP contribution in [0.4, 0.5) is 20.9 Å². The standard InChI is InChI=1S/C23H23FN4O2S/c24-19-13-18(27-9-11-30-12-10-27)5-6-20(19)25-23-26-21(15-31-23)22(29)28-8-7-16-3-1-2-4-17(16)14-28/h1-6,13,15H,7-12,14H2,(H,25,26). The second-order valence-electron chi connectivity index (χ2n) is 7.67. The first-order valence-electron chi connectivity index (χ1n) is 10.4. The van der Waals surface area contributed by atoms with E-state index in [0.717, 1.165) is 25.2 Å². The van der Waals surface area contributed by atoms with E-state index in [9.17, 15) is 9.18 Å². The highest BCUT2D eigenvalue weighted by Gasteiger charge is 2.23. The van der Waals surface area contributed by atoms with Gasteiger partial charge in [-0.3, -0.25) is 4.79 Å². The average molecular weight is 439 g/mol. The number of thiazole rings is 1. The van der Waals surface area contributed by atoms with Crippen LogP contribution in [-0.2, 0) is 17.7 Å². The van der Waals surface area contributed by atoms with Gasteiger partial charge in [0.2, 0.25) is 0 Å². The molecular weight excluding hydrogens is 415 g/mol. The molecule has 1 amide bonds. The van der Waals surface area contributed by atoms with Gasteiger partial charge in [0.15, 0.2) is 5.13 Å². The Bertz CT molecular complexity index is 1100. The van der Waals surface area contributed by atoms with Crippen LogP contribution < -0.4 is 10.2 Å². The molecule has 2 aliphatic heterocycles. The molecular formula is C23H23FN4O2S. The monoisotopic (exact) mass is 438 g/mol. The zero-order valence-corrected chi connectivity index (χ0v) is 17.8. The van der Waals surface area contributed by atoms with E-state index in [0.29, 0.717) is 42.8 Å². The highest BCUT2D eigenvalue weighted by Crippen LogP contribution is 2.28. The summed E-state index contributed by atoms with van der Waals surface area (Å²) < 4.78 is 20.0. The number of nitrogens with one attached hydrogen (secondary N) is 1. The van der Waals surface area contributed by atoms with E-state index in [2.05, 4.69) is 27.3 Å². The molecule has 2 aliphatic rings. The van der Waals surface area contributed by atoms with Crippen molar-refractivity contribution in [2.24, 2.45) is 0 Å². The van der Waals surface area contributed by atoms with Crippen LogP contribution in [0.2, 0.25) is 0 Å². The molecule has 160 valence electrons. The summed E-state index contributed by atoms with van der Waals surface area (Å²) in [5, 5.41) is 5.24. The van der Waals surface area contributed by atoms with Gasteiger partial charge in [0.1, 0.15) is 11.5 Å². The van der Waals surface area contributed by atoms with Crippen LogP contribution in [0.15, 0.2) is 47.8 Å². The van der Waals surface area contributed by atoms with E-state index in [4.69, 9.17) is 4.74 Å². The number of rotatable bonds is 4. The van der Waals surface area contributed by atoms with Crippen LogP contribution in [-0.4, -0.2) is 48.6 Å². The summed E-state index contributed by atoms with van der Waals surface area (Å²) in [5.41, 5.74) is 4.04. The molecule has 5 rings (SSSR count). The Labute approximate surface area is 184 Å². The Morgan fingerprint density at radius 2 is 1.90 bits per heavy atom.